The SMILES string of the molecule is O=C(O)CCCCC(=O)NC(=O)NCc1sccc1Br. The van der Waals surface area contributed by atoms with E-state index in [1.165, 1.54) is 11.3 Å². The minimum absolute atomic E-state index is 0.0336. The number of carbonyl (C=O) groups excluding carboxylic acids is 2. The van der Waals surface area contributed by atoms with Crippen molar-refractivity contribution in [3.8, 4) is 0 Å². The van der Waals surface area contributed by atoms with Crippen LogP contribution in [0.1, 0.15) is 30.6 Å². The van der Waals surface area contributed by atoms with Gasteiger partial charge in [-0.15, -0.1) is 11.3 Å². The summed E-state index contributed by atoms with van der Waals surface area (Å²) in [4.78, 5) is 34.1. The lowest BCUT2D eigenvalue weighted by molar-refractivity contribution is -0.137. The zero-order valence-corrected chi connectivity index (χ0v) is 13.1. The maximum absolute atomic E-state index is 11.5. The van der Waals surface area contributed by atoms with Gasteiger partial charge in [0.1, 0.15) is 0 Å². The summed E-state index contributed by atoms with van der Waals surface area (Å²) in [5.41, 5.74) is 0. The predicted octanol–water partition coefficient (Wildman–Crippen LogP) is 2.48. The average molecular weight is 363 g/mol. The van der Waals surface area contributed by atoms with Crippen LogP contribution in [0.2, 0.25) is 0 Å². The number of unbranched alkanes of at least 4 members (excludes halogenated alkanes) is 1. The molecule has 0 bridgehead atoms. The molecule has 1 rings (SSSR count). The molecular formula is C12H15BrN2O4S. The van der Waals surface area contributed by atoms with Gasteiger partial charge in [-0.1, -0.05) is 0 Å². The number of imide groups is 1. The zero-order valence-electron chi connectivity index (χ0n) is 10.6. The van der Waals surface area contributed by atoms with E-state index in [4.69, 9.17) is 5.11 Å². The minimum Gasteiger partial charge on any atom is -0.481 e. The number of hydrogen-bond acceptors (Lipinski definition) is 4. The molecule has 1 aromatic rings. The maximum atomic E-state index is 11.5. The summed E-state index contributed by atoms with van der Waals surface area (Å²) in [7, 11) is 0. The number of thiophene rings is 1. The Labute approximate surface area is 128 Å². The molecule has 1 aromatic heterocycles. The molecule has 1 heterocycles. The summed E-state index contributed by atoms with van der Waals surface area (Å²) in [6, 6.07) is 1.33. The quantitative estimate of drug-likeness (QED) is 0.649. The normalized spacial score (nSPS) is 10.1. The number of aliphatic carboxylic acids is 1. The summed E-state index contributed by atoms with van der Waals surface area (Å²) in [5.74, 6) is -1.29. The molecule has 0 aliphatic heterocycles. The second-order valence-electron chi connectivity index (χ2n) is 4.02. The molecule has 8 heteroatoms. The first-order chi connectivity index (χ1) is 9.49. The van der Waals surface area contributed by atoms with Crippen LogP contribution in [-0.2, 0) is 16.1 Å². The number of hydrogen-bond donors (Lipinski definition) is 3. The van der Waals surface area contributed by atoms with E-state index in [-0.39, 0.29) is 12.8 Å². The van der Waals surface area contributed by atoms with Crippen molar-refractivity contribution in [2.45, 2.75) is 32.2 Å². The molecule has 0 aromatic carbocycles. The molecule has 20 heavy (non-hydrogen) atoms. The van der Waals surface area contributed by atoms with Crippen molar-refractivity contribution < 1.29 is 19.5 Å². The summed E-state index contributed by atoms with van der Waals surface area (Å²) >= 11 is 4.84. The van der Waals surface area contributed by atoms with Gasteiger partial charge in [0.2, 0.25) is 5.91 Å². The van der Waals surface area contributed by atoms with E-state index < -0.39 is 17.9 Å². The smallest absolute Gasteiger partial charge is 0.321 e. The molecule has 3 amide bonds. The molecule has 0 radical (unpaired) electrons. The summed E-state index contributed by atoms with van der Waals surface area (Å²) in [5, 5.41) is 15.1. The second-order valence-corrected chi connectivity index (χ2v) is 5.88. The van der Waals surface area contributed by atoms with Gasteiger partial charge in [-0.25, -0.2) is 4.79 Å². The highest BCUT2D eigenvalue weighted by Gasteiger charge is 2.09. The van der Waals surface area contributed by atoms with Crippen LogP contribution in [-0.4, -0.2) is 23.0 Å². The van der Waals surface area contributed by atoms with Crippen molar-refractivity contribution in [1.29, 1.82) is 0 Å². The fraction of sp³-hybridized carbons (Fsp3) is 0.417. The predicted molar refractivity (Wildman–Crippen MR) is 78.5 cm³/mol. The number of carboxylic acids is 1. The first-order valence-corrected chi connectivity index (χ1v) is 7.67. The highest BCUT2D eigenvalue weighted by molar-refractivity contribution is 9.10. The first kappa shape index (κ1) is 16.6. The largest absolute Gasteiger partial charge is 0.481 e. The van der Waals surface area contributed by atoms with Gasteiger partial charge in [0, 0.05) is 22.2 Å². The van der Waals surface area contributed by atoms with E-state index in [0.29, 0.717) is 19.4 Å². The van der Waals surface area contributed by atoms with Crippen LogP contribution in [0.5, 0.6) is 0 Å². The molecule has 3 N–H and O–H groups in total. The molecular weight excluding hydrogens is 348 g/mol. The fourth-order valence-corrected chi connectivity index (χ4v) is 2.84. The van der Waals surface area contributed by atoms with Gasteiger partial charge < -0.3 is 10.4 Å². The molecule has 0 saturated carbocycles. The molecule has 6 nitrogen and oxygen atoms in total. The summed E-state index contributed by atoms with van der Waals surface area (Å²) < 4.78 is 0.919. The third-order valence-corrected chi connectivity index (χ3v) is 4.32. The first-order valence-electron chi connectivity index (χ1n) is 6.00. The van der Waals surface area contributed by atoms with Crippen LogP contribution in [0.4, 0.5) is 4.79 Å². The molecule has 0 fully saturated rings. The highest BCUT2D eigenvalue weighted by Crippen LogP contribution is 2.21. The van der Waals surface area contributed by atoms with E-state index in [2.05, 4.69) is 26.6 Å². The number of carboxylic acid groups (broad SMARTS) is 1. The summed E-state index contributed by atoms with van der Waals surface area (Å²) in [6.07, 6.45) is 1.05. The summed E-state index contributed by atoms with van der Waals surface area (Å²) in [6.45, 7) is 0.344. The Morgan fingerprint density at radius 2 is 1.95 bits per heavy atom. The van der Waals surface area contributed by atoms with Crippen LogP contribution in [0.15, 0.2) is 15.9 Å². The highest BCUT2D eigenvalue weighted by atomic mass is 79.9. The Kier molecular flexibility index (Phi) is 7.24. The van der Waals surface area contributed by atoms with Gasteiger partial charge in [0.25, 0.3) is 0 Å². The van der Waals surface area contributed by atoms with Crippen molar-refractivity contribution in [1.82, 2.24) is 10.6 Å². The Morgan fingerprint density at radius 1 is 1.25 bits per heavy atom. The van der Waals surface area contributed by atoms with Gasteiger partial charge in [-0.3, -0.25) is 14.9 Å². The lowest BCUT2D eigenvalue weighted by Gasteiger charge is -2.06. The number of carbonyl (C=O) groups is 3. The number of amides is 3. The average Bonchev–Trinajstić information content (AvgIpc) is 2.77. The number of rotatable bonds is 7. The van der Waals surface area contributed by atoms with E-state index in [0.717, 1.165) is 9.35 Å². The number of urea groups is 1. The van der Waals surface area contributed by atoms with Crippen LogP contribution >= 0.6 is 27.3 Å². The van der Waals surface area contributed by atoms with Crippen LogP contribution < -0.4 is 10.6 Å². The van der Waals surface area contributed by atoms with Crippen molar-refractivity contribution in [3.63, 3.8) is 0 Å². The molecule has 0 atom stereocenters. The molecule has 0 unspecified atom stereocenters. The molecule has 0 aliphatic carbocycles. The van der Waals surface area contributed by atoms with Crippen molar-refractivity contribution in [2.24, 2.45) is 0 Å². The Bertz CT molecular complexity index is 490. The van der Waals surface area contributed by atoms with Crippen molar-refractivity contribution in [3.05, 3.63) is 20.8 Å². The number of nitrogens with one attached hydrogen (secondary N) is 2. The zero-order chi connectivity index (χ0) is 15.0. The third-order valence-electron chi connectivity index (χ3n) is 2.40. The van der Waals surface area contributed by atoms with Crippen LogP contribution in [0.3, 0.4) is 0 Å². The number of halogens is 1. The van der Waals surface area contributed by atoms with E-state index in [1.54, 1.807) is 0 Å². The van der Waals surface area contributed by atoms with Gasteiger partial charge in [-0.2, -0.15) is 0 Å². The van der Waals surface area contributed by atoms with Crippen LogP contribution in [0, 0.1) is 0 Å². The standard InChI is InChI=1S/C12H15BrN2O4S/c13-8-5-6-20-9(8)7-14-12(19)15-10(16)3-1-2-4-11(17)18/h5-6H,1-4,7H2,(H,17,18)(H2,14,15,16,19). The van der Waals surface area contributed by atoms with Crippen molar-refractivity contribution >= 4 is 45.2 Å². The Balaban J connectivity index is 2.16. The minimum atomic E-state index is -0.885. The molecule has 0 saturated heterocycles. The van der Waals surface area contributed by atoms with Gasteiger partial charge in [0.05, 0.1) is 6.54 Å². The van der Waals surface area contributed by atoms with Gasteiger partial charge >= 0.3 is 12.0 Å². The van der Waals surface area contributed by atoms with Gasteiger partial charge in [-0.05, 0) is 40.2 Å². The Hall–Kier alpha value is -1.41. The molecule has 0 spiro atoms. The second kappa shape index (κ2) is 8.70. The van der Waals surface area contributed by atoms with E-state index >= 15 is 0 Å². The monoisotopic (exact) mass is 362 g/mol. The lowest BCUT2D eigenvalue weighted by Crippen LogP contribution is -2.38. The van der Waals surface area contributed by atoms with Crippen molar-refractivity contribution in [2.75, 3.05) is 0 Å². The maximum Gasteiger partial charge on any atom is 0.321 e. The van der Waals surface area contributed by atoms with E-state index in [1.807, 2.05) is 11.4 Å². The lowest BCUT2D eigenvalue weighted by atomic mass is 10.2. The fourth-order valence-electron chi connectivity index (χ4n) is 1.41. The third kappa shape index (κ3) is 6.67. The molecule has 110 valence electrons. The van der Waals surface area contributed by atoms with Gasteiger partial charge in [0.15, 0.2) is 0 Å². The topological polar surface area (TPSA) is 95.5 Å². The molecule has 0 aliphatic rings. The Morgan fingerprint density at radius 3 is 2.55 bits per heavy atom. The van der Waals surface area contributed by atoms with E-state index in [9.17, 15) is 14.4 Å². The van der Waals surface area contributed by atoms with Crippen LogP contribution in [0.25, 0.3) is 0 Å².